The summed E-state index contributed by atoms with van der Waals surface area (Å²) in [6.07, 6.45) is 0. The Labute approximate surface area is 169 Å². The van der Waals surface area contributed by atoms with E-state index in [2.05, 4.69) is 48.1 Å². The van der Waals surface area contributed by atoms with Crippen molar-refractivity contribution < 1.29 is 4.79 Å². The minimum absolute atomic E-state index is 0. The Morgan fingerprint density at radius 2 is 2.00 bits per heavy atom. The monoisotopic (exact) mass is 470 g/mol. The van der Waals surface area contributed by atoms with Gasteiger partial charge in [0.05, 0.1) is 6.54 Å². The minimum Gasteiger partial charge on any atom is -0.357 e. The molecule has 5 nitrogen and oxygen atoms in total. The van der Waals surface area contributed by atoms with Gasteiger partial charge in [-0.25, -0.2) is 0 Å². The summed E-state index contributed by atoms with van der Waals surface area (Å²) in [5.74, 6) is 2.88. The van der Waals surface area contributed by atoms with E-state index in [1.165, 1.54) is 0 Å². The van der Waals surface area contributed by atoms with Crippen LogP contribution in [0.5, 0.6) is 0 Å². The lowest BCUT2D eigenvalue weighted by atomic mass is 9.96. The molecule has 0 bridgehead atoms. The van der Waals surface area contributed by atoms with E-state index in [1.54, 1.807) is 0 Å². The number of carbonyl (C=O) groups excluding carboxylic acids is 1. The first-order valence-corrected chi connectivity index (χ1v) is 9.73. The summed E-state index contributed by atoms with van der Waals surface area (Å²) in [5, 5.41) is 7.00. The van der Waals surface area contributed by atoms with Crippen molar-refractivity contribution in [3.05, 3.63) is 0 Å². The third-order valence-corrected chi connectivity index (χ3v) is 5.35. The van der Waals surface area contributed by atoms with Crippen LogP contribution in [0.2, 0.25) is 0 Å². The Morgan fingerprint density at radius 1 is 1.33 bits per heavy atom. The summed E-state index contributed by atoms with van der Waals surface area (Å²) in [4.78, 5) is 18.9. The highest BCUT2D eigenvalue weighted by atomic mass is 127. The summed E-state index contributed by atoms with van der Waals surface area (Å²) in [7, 11) is 0. The Balaban J connectivity index is 0.00000529. The van der Waals surface area contributed by atoms with Crippen LogP contribution in [-0.4, -0.2) is 60.5 Å². The Hall–Kier alpha value is -0.180. The number of nitrogens with zero attached hydrogens (tertiary/aromatic N) is 2. The smallest absolute Gasteiger partial charge is 0.225 e. The van der Waals surface area contributed by atoms with Crippen molar-refractivity contribution in [2.24, 2.45) is 16.3 Å². The number of halogens is 1. The van der Waals surface area contributed by atoms with Crippen LogP contribution in [0.15, 0.2) is 4.99 Å². The fourth-order valence-corrected chi connectivity index (χ4v) is 3.59. The quantitative estimate of drug-likeness (QED) is 0.281. The predicted octanol–water partition coefficient (Wildman–Crippen LogP) is 2.81. The number of amides is 1. The van der Waals surface area contributed by atoms with Gasteiger partial charge in [-0.3, -0.25) is 9.79 Å². The van der Waals surface area contributed by atoms with Crippen molar-refractivity contribution in [1.29, 1.82) is 0 Å². The van der Waals surface area contributed by atoms with Crippen LogP contribution in [0.1, 0.15) is 41.5 Å². The second-order valence-corrected chi connectivity index (χ2v) is 8.69. The minimum atomic E-state index is -0.344. The molecule has 0 aromatic carbocycles. The van der Waals surface area contributed by atoms with E-state index in [4.69, 9.17) is 4.99 Å². The second-order valence-electron chi connectivity index (χ2n) is 7.34. The summed E-state index contributed by atoms with van der Waals surface area (Å²) >= 11 is 2.06. The number of aliphatic imine (C=N–C) groups is 1. The summed E-state index contributed by atoms with van der Waals surface area (Å²) in [5.41, 5.74) is -0.344. The van der Waals surface area contributed by atoms with Crippen LogP contribution in [-0.2, 0) is 4.79 Å². The molecule has 1 fully saturated rings. The molecule has 0 saturated carbocycles. The molecular formula is C17H35IN4OS. The molecule has 1 unspecified atom stereocenters. The van der Waals surface area contributed by atoms with Crippen molar-refractivity contribution in [1.82, 2.24) is 15.5 Å². The molecule has 0 aliphatic carbocycles. The highest BCUT2D eigenvalue weighted by molar-refractivity contribution is 14.0. The third kappa shape index (κ3) is 8.27. The number of carbonyl (C=O) groups is 1. The van der Waals surface area contributed by atoms with E-state index in [1.807, 2.05) is 20.8 Å². The van der Waals surface area contributed by atoms with E-state index in [0.29, 0.717) is 24.3 Å². The normalized spacial score (nSPS) is 19.0. The maximum atomic E-state index is 11.9. The second kappa shape index (κ2) is 11.4. The topological polar surface area (TPSA) is 56.7 Å². The molecule has 7 heteroatoms. The van der Waals surface area contributed by atoms with Crippen LogP contribution in [0.3, 0.4) is 0 Å². The Bertz CT molecular complexity index is 410. The van der Waals surface area contributed by atoms with Gasteiger partial charge in [0.15, 0.2) is 5.96 Å². The fraction of sp³-hybridized carbons (Fsp3) is 0.882. The van der Waals surface area contributed by atoms with Gasteiger partial charge >= 0.3 is 0 Å². The average Bonchev–Trinajstić information content (AvgIpc) is 2.49. The Morgan fingerprint density at radius 3 is 2.54 bits per heavy atom. The lowest BCUT2D eigenvalue weighted by Gasteiger charge is -2.36. The molecule has 0 aromatic heterocycles. The highest BCUT2D eigenvalue weighted by Crippen LogP contribution is 2.24. The van der Waals surface area contributed by atoms with Crippen LogP contribution >= 0.6 is 35.7 Å². The molecule has 1 aliphatic rings. The standard InChI is InChI=1S/C17H34N4OS.HI/c1-7-18-16(20-9-8-19-15(22)17(4,5)6)21-10-11-23-14(12-21)13(2)3;/h13-14H,7-12H2,1-6H3,(H,18,20)(H,19,22);1H. The summed E-state index contributed by atoms with van der Waals surface area (Å²) in [6.45, 7) is 16.6. The highest BCUT2D eigenvalue weighted by Gasteiger charge is 2.25. The molecule has 0 spiro atoms. The van der Waals surface area contributed by atoms with Gasteiger partial charge in [-0.05, 0) is 12.8 Å². The number of hydrogen-bond donors (Lipinski definition) is 2. The van der Waals surface area contributed by atoms with E-state index in [9.17, 15) is 4.79 Å². The molecule has 1 amide bonds. The maximum absolute atomic E-state index is 11.9. The zero-order valence-electron chi connectivity index (χ0n) is 16.0. The van der Waals surface area contributed by atoms with Crippen LogP contribution < -0.4 is 10.6 Å². The molecule has 1 heterocycles. The van der Waals surface area contributed by atoms with Gasteiger partial charge in [0.25, 0.3) is 0 Å². The molecule has 24 heavy (non-hydrogen) atoms. The molecule has 1 atom stereocenters. The van der Waals surface area contributed by atoms with Gasteiger partial charge in [0, 0.05) is 42.6 Å². The first-order chi connectivity index (χ1) is 10.8. The lowest BCUT2D eigenvalue weighted by molar-refractivity contribution is -0.128. The van der Waals surface area contributed by atoms with Crippen LogP contribution in [0, 0.1) is 11.3 Å². The van der Waals surface area contributed by atoms with E-state index >= 15 is 0 Å². The van der Waals surface area contributed by atoms with Gasteiger partial charge in [-0.2, -0.15) is 11.8 Å². The van der Waals surface area contributed by atoms with Crippen molar-refractivity contribution in [2.75, 3.05) is 38.5 Å². The number of hydrogen-bond acceptors (Lipinski definition) is 3. The average molecular weight is 470 g/mol. The lowest BCUT2D eigenvalue weighted by Crippen LogP contribution is -2.49. The molecule has 0 radical (unpaired) electrons. The Kier molecular flexibility index (Phi) is 11.4. The predicted molar refractivity (Wildman–Crippen MR) is 117 cm³/mol. The van der Waals surface area contributed by atoms with E-state index in [0.717, 1.165) is 31.3 Å². The van der Waals surface area contributed by atoms with Gasteiger partial charge in [0.1, 0.15) is 0 Å². The zero-order chi connectivity index (χ0) is 17.5. The van der Waals surface area contributed by atoms with Crippen molar-refractivity contribution in [3.8, 4) is 0 Å². The number of rotatable bonds is 5. The molecule has 2 N–H and O–H groups in total. The maximum Gasteiger partial charge on any atom is 0.225 e. The number of thioether (sulfide) groups is 1. The van der Waals surface area contributed by atoms with Crippen LogP contribution in [0.25, 0.3) is 0 Å². The molecule has 1 rings (SSSR count). The van der Waals surface area contributed by atoms with Gasteiger partial charge in [-0.15, -0.1) is 24.0 Å². The first kappa shape index (κ1) is 23.8. The van der Waals surface area contributed by atoms with Crippen LogP contribution in [0.4, 0.5) is 0 Å². The van der Waals surface area contributed by atoms with Gasteiger partial charge in [0.2, 0.25) is 5.91 Å². The third-order valence-electron chi connectivity index (χ3n) is 3.81. The van der Waals surface area contributed by atoms with Crippen molar-refractivity contribution >= 4 is 47.6 Å². The summed E-state index contributed by atoms with van der Waals surface area (Å²) < 4.78 is 0. The molecule has 142 valence electrons. The van der Waals surface area contributed by atoms with Crippen molar-refractivity contribution in [3.63, 3.8) is 0 Å². The molecular weight excluding hydrogens is 435 g/mol. The van der Waals surface area contributed by atoms with E-state index < -0.39 is 0 Å². The SMILES string of the molecule is CCNC(=NCCNC(=O)C(C)(C)C)N1CCSC(C(C)C)C1.I. The number of nitrogens with one attached hydrogen (secondary N) is 2. The summed E-state index contributed by atoms with van der Waals surface area (Å²) in [6, 6.07) is 0. The molecule has 1 aliphatic heterocycles. The zero-order valence-corrected chi connectivity index (χ0v) is 19.2. The number of guanidine groups is 1. The van der Waals surface area contributed by atoms with Gasteiger partial charge < -0.3 is 15.5 Å². The molecule has 0 aromatic rings. The van der Waals surface area contributed by atoms with Gasteiger partial charge in [-0.1, -0.05) is 34.6 Å². The van der Waals surface area contributed by atoms with E-state index in [-0.39, 0.29) is 35.3 Å². The fourth-order valence-electron chi connectivity index (χ4n) is 2.29. The molecule has 1 saturated heterocycles. The first-order valence-electron chi connectivity index (χ1n) is 8.68. The van der Waals surface area contributed by atoms with Crippen molar-refractivity contribution in [2.45, 2.75) is 46.8 Å². The largest absolute Gasteiger partial charge is 0.357 e.